The molecule has 1 heterocycles. The fraction of sp³-hybridized carbons (Fsp3) is 0.105. The molecule has 0 atom stereocenters. The van der Waals surface area contributed by atoms with E-state index in [4.69, 9.17) is 21.6 Å². The average molecular weight is 384 g/mol. The summed E-state index contributed by atoms with van der Waals surface area (Å²) in [6.45, 7) is 2.05. The molecule has 0 saturated carbocycles. The number of aryl methyl sites for hydroxylation is 1. The molecule has 0 aliphatic heterocycles. The van der Waals surface area contributed by atoms with Gasteiger partial charge in [0, 0.05) is 10.7 Å². The minimum absolute atomic E-state index is 0.257. The third-order valence-corrected chi connectivity index (χ3v) is 4.85. The van der Waals surface area contributed by atoms with Crippen molar-refractivity contribution in [3.63, 3.8) is 0 Å². The van der Waals surface area contributed by atoms with Gasteiger partial charge >= 0.3 is 0 Å². The quantitative estimate of drug-likeness (QED) is 0.686. The summed E-state index contributed by atoms with van der Waals surface area (Å²) >= 11 is 7.13. The van der Waals surface area contributed by atoms with Crippen molar-refractivity contribution in [1.82, 2.24) is 4.98 Å². The summed E-state index contributed by atoms with van der Waals surface area (Å²) in [4.78, 5) is 17.4. The Hall–Kier alpha value is -2.88. The van der Waals surface area contributed by atoms with Gasteiger partial charge in [-0.1, -0.05) is 17.7 Å². The van der Waals surface area contributed by atoms with Crippen molar-refractivity contribution in [2.75, 3.05) is 5.32 Å². The van der Waals surface area contributed by atoms with E-state index in [1.807, 2.05) is 6.07 Å². The van der Waals surface area contributed by atoms with E-state index >= 15 is 0 Å². The van der Waals surface area contributed by atoms with Crippen LogP contribution in [-0.4, -0.2) is 10.9 Å². The highest BCUT2D eigenvalue weighted by Crippen LogP contribution is 2.22. The number of carbonyl (C=O) groups is 1. The third-order valence-electron chi connectivity index (χ3n) is 3.47. The Bertz CT molecular complexity index is 977. The lowest BCUT2D eigenvalue weighted by Gasteiger charge is -2.04. The van der Waals surface area contributed by atoms with Gasteiger partial charge in [-0.2, -0.15) is 5.26 Å². The van der Waals surface area contributed by atoms with Crippen LogP contribution in [0.25, 0.3) is 0 Å². The molecule has 5 nitrogen and oxygen atoms in total. The van der Waals surface area contributed by atoms with Crippen LogP contribution in [0.15, 0.2) is 48.5 Å². The van der Waals surface area contributed by atoms with Crippen molar-refractivity contribution in [2.45, 2.75) is 13.5 Å². The Morgan fingerprint density at radius 3 is 2.81 bits per heavy atom. The van der Waals surface area contributed by atoms with E-state index in [2.05, 4.69) is 10.3 Å². The van der Waals surface area contributed by atoms with Gasteiger partial charge in [0.1, 0.15) is 22.2 Å². The Morgan fingerprint density at radius 1 is 1.31 bits per heavy atom. The summed E-state index contributed by atoms with van der Waals surface area (Å²) in [5, 5.41) is 13.1. The van der Waals surface area contributed by atoms with Crippen molar-refractivity contribution in [2.24, 2.45) is 0 Å². The topological polar surface area (TPSA) is 75.0 Å². The molecular formula is C19H14ClN3O2S. The predicted octanol–water partition coefficient (Wildman–Crippen LogP) is 4.81. The number of nitriles is 1. The number of thiazole rings is 1. The Kier molecular flexibility index (Phi) is 5.52. The summed E-state index contributed by atoms with van der Waals surface area (Å²) in [6.07, 6.45) is 0. The minimum Gasteiger partial charge on any atom is -0.486 e. The molecule has 0 aliphatic rings. The van der Waals surface area contributed by atoms with Gasteiger partial charge in [0.25, 0.3) is 5.91 Å². The highest BCUT2D eigenvalue weighted by Gasteiger charge is 2.16. The van der Waals surface area contributed by atoms with Gasteiger partial charge in [-0.3, -0.25) is 4.79 Å². The second kappa shape index (κ2) is 8.00. The minimum atomic E-state index is -0.257. The number of carbonyl (C=O) groups excluding carboxylic acids is 1. The lowest BCUT2D eigenvalue weighted by atomic mass is 10.2. The number of rotatable bonds is 5. The first-order valence-electron chi connectivity index (χ1n) is 7.71. The van der Waals surface area contributed by atoms with E-state index < -0.39 is 0 Å². The molecule has 0 fully saturated rings. The molecule has 0 aliphatic carbocycles. The molecular weight excluding hydrogens is 370 g/mol. The number of nitrogens with one attached hydrogen (secondary N) is 1. The molecule has 0 saturated heterocycles. The van der Waals surface area contributed by atoms with Gasteiger partial charge in [-0.05, 0) is 49.4 Å². The fourth-order valence-corrected chi connectivity index (χ4v) is 3.25. The molecule has 0 radical (unpaired) electrons. The number of ether oxygens (including phenoxy) is 1. The molecule has 130 valence electrons. The van der Waals surface area contributed by atoms with E-state index in [0.29, 0.717) is 37.6 Å². The summed E-state index contributed by atoms with van der Waals surface area (Å²) in [5.41, 5.74) is 1.69. The maximum absolute atomic E-state index is 12.5. The number of benzene rings is 2. The van der Waals surface area contributed by atoms with Crippen LogP contribution in [-0.2, 0) is 6.61 Å². The largest absolute Gasteiger partial charge is 0.486 e. The summed E-state index contributed by atoms with van der Waals surface area (Å²) < 4.78 is 5.67. The summed E-state index contributed by atoms with van der Waals surface area (Å²) in [5.74, 6) is 0.425. The maximum Gasteiger partial charge on any atom is 0.267 e. The number of hydrogen-bond donors (Lipinski definition) is 1. The van der Waals surface area contributed by atoms with Crippen LogP contribution in [0.5, 0.6) is 5.75 Å². The number of halogens is 1. The third kappa shape index (κ3) is 4.39. The summed E-state index contributed by atoms with van der Waals surface area (Å²) in [6, 6.07) is 15.9. The Morgan fingerprint density at radius 2 is 2.08 bits per heavy atom. The first-order valence-corrected chi connectivity index (χ1v) is 8.91. The highest BCUT2D eigenvalue weighted by molar-refractivity contribution is 7.13. The van der Waals surface area contributed by atoms with E-state index in [9.17, 15) is 4.79 Å². The number of hydrogen-bond acceptors (Lipinski definition) is 5. The average Bonchev–Trinajstić information content (AvgIpc) is 3.02. The zero-order valence-corrected chi connectivity index (χ0v) is 15.4. The summed E-state index contributed by atoms with van der Waals surface area (Å²) in [7, 11) is 0. The Balaban J connectivity index is 1.67. The fourth-order valence-electron chi connectivity index (χ4n) is 2.25. The van der Waals surface area contributed by atoms with Gasteiger partial charge in [0.15, 0.2) is 0 Å². The van der Waals surface area contributed by atoms with Gasteiger partial charge in [-0.25, -0.2) is 4.98 Å². The molecule has 2 aromatic carbocycles. The number of aromatic nitrogens is 1. The molecule has 3 rings (SSSR count). The normalized spacial score (nSPS) is 10.2. The molecule has 7 heteroatoms. The van der Waals surface area contributed by atoms with Gasteiger partial charge in [-0.15, -0.1) is 11.3 Å². The standard InChI is InChI=1S/C19H14ClN3O2S/c1-12-18(19(24)23-15-4-2-3-13(9-15)10-21)26-17(22-12)11-25-16-7-5-14(20)6-8-16/h2-9H,11H2,1H3,(H,23,24). The highest BCUT2D eigenvalue weighted by atomic mass is 35.5. The van der Waals surface area contributed by atoms with E-state index in [0.717, 1.165) is 0 Å². The van der Waals surface area contributed by atoms with Crippen molar-refractivity contribution in [3.8, 4) is 11.8 Å². The second-order valence-corrected chi connectivity index (χ2v) is 6.93. The van der Waals surface area contributed by atoms with Crippen LogP contribution in [0, 0.1) is 18.3 Å². The van der Waals surface area contributed by atoms with Crippen molar-refractivity contribution < 1.29 is 9.53 Å². The van der Waals surface area contributed by atoms with Gasteiger partial charge in [0.2, 0.25) is 0 Å². The van der Waals surface area contributed by atoms with Crippen LogP contribution >= 0.6 is 22.9 Å². The smallest absolute Gasteiger partial charge is 0.267 e. The monoisotopic (exact) mass is 383 g/mol. The second-order valence-electron chi connectivity index (χ2n) is 5.41. The lowest BCUT2D eigenvalue weighted by Crippen LogP contribution is -2.11. The van der Waals surface area contributed by atoms with Crippen molar-refractivity contribution >= 4 is 34.5 Å². The van der Waals surface area contributed by atoms with Gasteiger partial charge in [0.05, 0.1) is 17.3 Å². The molecule has 26 heavy (non-hydrogen) atoms. The Labute approximate surface area is 159 Å². The molecule has 1 amide bonds. The molecule has 0 unspecified atom stereocenters. The molecule has 1 N–H and O–H groups in total. The first-order chi connectivity index (χ1) is 12.5. The van der Waals surface area contributed by atoms with Crippen LogP contribution in [0.2, 0.25) is 5.02 Å². The first kappa shape index (κ1) is 17.9. The molecule has 3 aromatic rings. The van der Waals surface area contributed by atoms with Crippen molar-refractivity contribution in [1.29, 1.82) is 5.26 Å². The van der Waals surface area contributed by atoms with E-state index in [1.54, 1.807) is 55.5 Å². The van der Waals surface area contributed by atoms with Crippen molar-refractivity contribution in [3.05, 3.63) is 74.7 Å². The van der Waals surface area contributed by atoms with Crippen LogP contribution < -0.4 is 10.1 Å². The van der Waals surface area contributed by atoms with Crippen LogP contribution in [0.3, 0.4) is 0 Å². The van der Waals surface area contributed by atoms with E-state index in [1.165, 1.54) is 11.3 Å². The van der Waals surface area contributed by atoms with E-state index in [-0.39, 0.29) is 12.5 Å². The molecule has 1 aromatic heterocycles. The maximum atomic E-state index is 12.5. The molecule has 0 spiro atoms. The number of nitrogens with zero attached hydrogens (tertiary/aromatic N) is 2. The number of anilines is 1. The zero-order chi connectivity index (χ0) is 18.5. The zero-order valence-electron chi connectivity index (χ0n) is 13.8. The predicted molar refractivity (Wildman–Crippen MR) is 102 cm³/mol. The van der Waals surface area contributed by atoms with Crippen LogP contribution in [0.1, 0.15) is 25.9 Å². The molecule has 0 bridgehead atoms. The lowest BCUT2D eigenvalue weighted by molar-refractivity contribution is 0.103. The van der Waals surface area contributed by atoms with Crippen LogP contribution in [0.4, 0.5) is 5.69 Å². The van der Waals surface area contributed by atoms with Gasteiger partial charge < -0.3 is 10.1 Å². The number of amides is 1. The SMILES string of the molecule is Cc1nc(COc2ccc(Cl)cc2)sc1C(=O)Nc1cccc(C#N)c1.